The van der Waals surface area contributed by atoms with Crippen LogP contribution < -0.4 is 41.1 Å². The first-order chi connectivity index (χ1) is 31.7. The van der Waals surface area contributed by atoms with Gasteiger partial charge in [0.1, 0.15) is 22.8 Å². The lowest BCUT2D eigenvalue weighted by molar-refractivity contribution is -0.120. The van der Waals surface area contributed by atoms with Gasteiger partial charge in [0.05, 0.1) is 12.7 Å². The van der Waals surface area contributed by atoms with Gasteiger partial charge in [-0.25, -0.2) is 9.48 Å². The Morgan fingerprint density at radius 3 is 2.20 bits per heavy atom. The number of piperidine rings is 1. The monoisotopic (exact) mass is 876 g/mol. The Bertz CT molecular complexity index is 2610. The highest BCUT2D eigenvalue weighted by molar-refractivity contribution is 6.06. The van der Waals surface area contributed by atoms with Crippen molar-refractivity contribution >= 4 is 52.3 Å². The van der Waals surface area contributed by atoms with E-state index in [9.17, 15) is 19.2 Å². The quantitative estimate of drug-likeness (QED) is 0.112. The van der Waals surface area contributed by atoms with E-state index >= 15 is 0 Å². The standard InChI is InChI=1S/C50H56N10O5/c1-65-43-15-8-36(34-6-7-34)29-41(43)49(63)52-30-32-2-4-35(5-3-32)46-45(47(51)62)48-53-42-14-13-40(28-37(42)18-23-60(48)55-46)58-26-24-56(25-27-58)31-33-16-20-57(21-17-33)38-9-11-39(12-10-38)59-22-19-44(61)54-50(59)64/h2-5,8-15,28-29,33-34,53H,6-7,16-27,30-31H2,1H3,(H2,51,62)(H,52,63)(H,54,61,64). The highest BCUT2D eigenvalue weighted by Gasteiger charge is 2.30. The molecule has 4 aliphatic heterocycles. The first-order valence-electron chi connectivity index (χ1n) is 23.0. The van der Waals surface area contributed by atoms with Crippen LogP contribution in [0.25, 0.3) is 11.3 Å². The fraction of sp³-hybridized carbons (Fsp3) is 0.380. The van der Waals surface area contributed by atoms with Crippen LogP contribution in [0.5, 0.6) is 5.75 Å². The van der Waals surface area contributed by atoms with Crippen LogP contribution in [0.4, 0.5) is 33.4 Å². The summed E-state index contributed by atoms with van der Waals surface area (Å²) in [5, 5.41) is 13.9. The number of aromatic nitrogens is 2. The highest BCUT2D eigenvalue weighted by Crippen LogP contribution is 2.41. The number of anilines is 5. The molecule has 5 heterocycles. The Balaban J connectivity index is 0.719. The van der Waals surface area contributed by atoms with E-state index in [0.717, 1.165) is 100 Å². The molecule has 5 aliphatic rings. The third-order valence-corrected chi connectivity index (χ3v) is 13.8. The van der Waals surface area contributed by atoms with Crippen molar-refractivity contribution in [1.29, 1.82) is 0 Å². The van der Waals surface area contributed by atoms with Crippen molar-refractivity contribution < 1.29 is 23.9 Å². The van der Waals surface area contributed by atoms with Crippen molar-refractivity contribution in [3.63, 3.8) is 0 Å². The molecule has 0 unspecified atom stereocenters. The molecule has 0 radical (unpaired) electrons. The molecule has 1 aromatic heterocycles. The normalized spacial score (nSPS) is 18.0. The Morgan fingerprint density at radius 1 is 0.769 bits per heavy atom. The SMILES string of the molecule is COc1ccc(C2CC2)cc1C(=O)NCc1ccc(-c2nn3c(c2C(N)=O)Nc2ccc(N4CCN(CC5CCN(c6ccc(N7CCC(=O)NC7=O)cc6)CC5)CC4)cc2CC3)cc1. The number of carbonyl (C=O) groups excluding carboxylic acids is 4. The van der Waals surface area contributed by atoms with E-state index in [2.05, 4.69) is 61.0 Å². The summed E-state index contributed by atoms with van der Waals surface area (Å²) in [6.07, 6.45) is 5.66. The zero-order valence-electron chi connectivity index (χ0n) is 36.9. The third kappa shape index (κ3) is 8.97. The molecule has 5 aromatic rings. The fourth-order valence-electron chi connectivity index (χ4n) is 9.86. The molecular formula is C50H56N10O5. The molecule has 5 N–H and O–H groups in total. The molecular weight excluding hydrogens is 821 g/mol. The summed E-state index contributed by atoms with van der Waals surface area (Å²) in [4.78, 5) is 59.2. The van der Waals surface area contributed by atoms with Gasteiger partial charge >= 0.3 is 6.03 Å². The van der Waals surface area contributed by atoms with Crippen LogP contribution >= 0.6 is 0 Å². The molecule has 1 saturated carbocycles. The number of hydrogen-bond donors (Lipinski definition) is 4. The molecule has 3 saturated heterocycles. The number of aryl methyl sites for hydroxylation is 2. The number of nitrogens with two attached hydrogens (primary N) is 1. The zero-order chi connectivity index (χ0) is 44.6. The number of nitrogens with one attached hydrogen (secondary N) is 3. The number of nitrogens with zero attached hydrogens (tertiary/aromatic N) is 6. The molecule has 336 valence electrons. The topological polar surface area (TPSA) is 170 Å². The number of hydrogen-bond acceptors (Lipinski definition) is 10. The molecule has 0 bridgehead atoms. The molecule has 4 fully saturated rings. The van der Waals surface area contributed by atoms with Crippen LogP contribution in [0.2, 0.25) is 0 Å². The van der Waals surface area contributed by atoms with Gasteiger partial charge in [-0.3, -0.25) is 29.5 Å². The van der Waals surface area contributed by atoms with Gasteiger partial charge in [0.15, 0.2) is 0 Å². The van der Waals surface area contributed by atoms with Gasteiger partial charge in [-0.05, 0) is 115 Å². The number of methoxy groups -OCH3 is 1. The molecule has 15 heteroatoms. The molecule has 0 spiro atoms. The van der Waals surface area contributed by atoms with Gasteiger partial charge < -0.3 is 30.9 Å². The summed E-state index contributed by atoms with van der Waals surface area (Å²) in [5.74, 6) is 1.39. The van der Waals surface area contributed by atoms with E-state index in [0.29, 0.717) is 66.3 Å². The number of primary amides is 1. The second-order valence-electron chi connectivity index (χ2n) is 18.0. The van der Waals surface area contributed by atoms with Gasteiger partial charge in [-0.1, -0.05) is 30.3 Å². The number of rotatable bonds is 12. The van der Waals surface area contributed by atoms with Crippen LogP contribution in [-0.2, 0) is 24.3 Å². The predicted octanol–water partition coefficient (Wildman–Crippen LogP) is 6.25. The smallest absolute Gasteiger partial charge is 0.328 e. The molecule has 10 rings (SSSR count). The minimum absolute atomic E-state index is 0.182. The number of fused-ring (bicyclic) bond motifs is 2. The maximum atomic E-state index is 13.2. The second-order valence-corrected chi connectivity index (χ2v) is 18.0. The van der Waals surface area contributed by atoms with Crippen LogP contribution in [0.1, 0.15) is 75.4 Å². The van der Waals surface area contributed by atoms with Gasteiger partial charge in [0.25, 0.3) is 11.8 Å². The van der Waals surface area contributed by atoms with Crippen molar-refractivity contribution in [2.45, 2.75) is 57.5 Å². The van der Waals surface area contributed by atoms with Crippen molar-refractivity contribution in [3.8, 4) is 17.0 Å². The van der Waals surface area contributed by atoms with Crippen LogP contribution in [-0.4, -0.2) is 97.9 Å². The van der Waals surface area contributed by atoms with Crippen molar-refractivity contribution in [2.24, 2.45) is 11.7 Å². The van der Waals surface area contributed by atoms with E-state index in [-0.39, 0.29) is 17.8 Å². The average Bonchev–Trinajstić information content (AvgIpc) is 4.14. The first-order valence-corrected chi connectivity index (χ1v) is 23.0. The zero-order valence-corrected chi connectivity index (χ0v) is 36.9. The Hall–Kier alpha value is -6.87. The summed E-state index contributed by atoms with van der Waals surface area (Å²) in [6, 6.07) is 27.9. The number of urea groups is 1. The molecule has 1 aliphatic carbocycles. The highest BCUT2D eigenvalue weighted by atomic mass is 16.5. The van der Waals surface area contributed by atoms with Gasteiger partial charge in [-0.15, -0.1) is 0 Å². The number of ether oxygens (including phenoxy) is 1. The molecule has 5 amide bonds. The van der Waals surface area contributed by atoms with Gasteiger partial charge in [0, 0.05) is 100 Å². The first kappa shape index (κ1) is 42.1. The van der Waals surface area contributed by atoms with Crippen molar-refractivity contribution in [2.75, 3.05) is 79.5 Å². The minimum Gasteiger partial charge on any atom is -0.496 e. The predicted molar refractivity (Wildman–Crippen MR) is 251 cm³/mol. The van der Waals surface area contributed by atoms with Crippen molar-refractivity contribution in [3.05, 3.63) is 113 Å². The van der Waals surface area contributed by atoms with E-state index in [1.165, 1.54) is 22.5 Å². The Kier molecular flexibility index (Phi) is 11.6. The van der Waals surface area contributed by atoms with Crippen LogP contribution in [0, 0.1) is 5.92 Å². The summed E-state index contributed by atoms with van der Waals surface area (Å²) in [6.45, 7) is 8.43. The van der Waals surface area contributed by atoms with E-state index in [1.54, 1.807) is 12.0 Å². The molecule has 0 atom stereocenters. The minimum atomic E-state index is -0.548. The molecule has 4 aromatic carbocycles. The van der Waals surface area contributed by atoms with Crippen molar-refractivity contribution in [1.82, 2.24) is 25.3 Å². The number of piperazine rings is 1. The average molecular weight is 877 g/mol. The van der Waals surface area contributed by atoms with Crippen LogP contribution in [0.3, 0.4) is 0 Å². The van der Waals surface area contributed by atoms with Gasteiger partial charge in [0.2, 0.25) is 5.91 Å². The second kappa shape index (κ2) is 18.0. The van der Waals surface area contributed by atoms with E-state index in [4.69, 9.17) is 15.6 Å². The van der Waals surface area contributed by atoms with E-state index < -0.39 is 5.91 Å². The number of benzene rings is 4. The number of carbonyl (C=O) groups is 4. The molecule has 65 heavy (non-hydrogen) atoms. The number of amides is 5. The van der Waals surface area contributed by atoms with Crippen LogP contribution in [0.15, 0.2) is 84.9 Å². The number of imide groups is 1. The maximum Gasteiger partial charge on any atom is 0.328 e. The van der Waals surface area contributed by atoms with Gasteiger partial charge in [-0.2, -0.15) is 5.10 Å². The lowest BCUT2D eigenvalue weighted by Gasteiger charge is -2.40. The van der Waals surface area contributed by atoms with E-state index in [1.807, 2.05) is 59.3 Å². The Morgan fingerprint density at radius 2 is 1.49 bits per heavy atom. The third-order valence-electron chi connectivity index (χ3n) is 13.8. The largest absolute Gasteiger partial charge is 0.496 e. The summed E-state index contributed by atoms with van der Waals surface area (Å²) >= 11 is 0. The lowest BCUT2D eigenvalue weighted by atomic mass is 9.95. The molecule has 15 nitrogen and oxygen atoms in total. The fourth-order valence-corrected chi connectivity index (χ4v) is 9.86. The summed E-state index contributed by atoms with van der Waals surface area (Å²) < 4.78 is 7.34. The maximum absolute atomic E-state index is 13.2. The lowest BCUT2D eigenvalue weighted by Crippen LogP contribution is -2.49. The summed E-state index contributed by atoms with van der Waals surface area (Å²) in [5.41, 5.74) is 15.6. The summed E-state index contributed by atoms with van der Waals surface area (Å²) in [7, 11) is 1.58. The Labute approximate surface area is 378 Å².